The first-order valence-corrected chi connectivity index (χ1v) is 4.07. The maximum atomic E-state index is 12.9. The summed E-state index contributed by atoms with van der Waals surface area (Å²) in [5.41, 5.74) is 0. The lowest BCUT2D eigenvalue weighted by Crippen LogP contribution is -1.98. The van der Waals surface area contributed by atoms with Crippen LogP contribution < -0.4 is 4.74 Å². The molecule has 0 amide bonds. The molecule has 1 aromatic carbocycles. The number of hydrogen-bond donors (Lipinski definition) is 1. The van der Waals surface area contributed by atoms with Crippen LogP contribution in [0.25, 0.3) is 0 Å². The van der Waals surface area contributed by atoms with E-state index in [0.29, 0.717) is 0 Å². The molecule has 15 heavy (non-hydrogen) atoms. The van der Waals surface area contributed by atoms with Crippen LogP contribution in [0.1, 0.15) is 0 Å². The van der Waals surface area contributed by atoms with Gasteiger partial charge < -0.3 is 9.84 Å². The fourth-order valence-electron chi connectivity index (χ4n) is 0.875. The molecule has 0 aliphatic carbocycles. The lowest BCUT2D eigenvalue weighted by Gasteiger charge is -2.03. The van der Waals surface area contributed by atoms with E-state index in [1.165, 1.54) is 6.08 Å². The number of hydrogen-bond acceptors (Lipinski definition) is 2. The molecular weight excluding hydrogens is 206 g/mol. The van der Waals surface area contributed by atoms with E-state index < -0.39 is 17.6 Å². The van der Waals surface area contributed by atoms with Crippen LogP contribution in [0.5, 0.6) is 5.75 Å². The normalized spacial score (nSPS) is 10.5. The van der Waals surface area contributed by atoms with Crippen LogP contribution in [0.2, 0.25) is 0 Å². The molecule has 0 aliphatic heterocycles. The highest BCUT2D eigenvalue weighted by atomic mass is 19.1. The topological polar surface area (TPSA) is 46.5 Å². The van der Waals surface area contributed by atoms with E-state index in [4.69, 9.17) is 9.84 Å². The Morgan fingerprint density at radius 1 is 1.47 bits per heavy atom. The molecule has 0 bridgehead atoms. The van der Waals surface area contributed by atoms with E-state index in [1.54, 1.807) is 0 Å². The molecule has 1 N–H and O–H groups in total. The van der Waals surface area contributed by atoms with Gasteiger partial charge in [-0.05, 0) is 18.2 Å². The Hall–Kier alpha value is -1.91. The van der Waals surface area contributed by atoms with Gasteiger partial charge in [0.05, 0.1) is 0 Å². The lowest BCUT2D eigenvalue weighted by atomic mass is 10.3. The second-order valence-corrected chi connectivity index (χ2v) is 2.63. The highest BCUT2D eigenvalue weighted by molar-refractivity contribution is 5.79. The van der Waals surface area contributed by atoms with Crippen molar-refractivity contribution in [2.45, 2.75) is 0 Å². The molecule has 0 aliphatic rings. The van der Waals surface area contributed by atoms with E-state index in [0.717, 1.165) is 24.3 Å². The minimum atomic E-state index is -1.13. The largest absolute Gasteiger partial charge is 0.486 e. The fraction of sp³-hybridized carbons (Fsp3) is 0.100. The molecule has 0 fully saturated rings. The summed E-state index contributed by atoms with van der Waals surface area (Å²) in [6.07, 6.45) is 2.05. The van der Waals surface area contributed by atoms with E-state index in [1.807, 2.05) is 0 Å². The number of carbonyl (C=O) groups is 1. The molecule has 0 saturated carbocycles. The minimum absolute atomic E-state index is 0.132. The molecule has 0 saturated heterocycles. The van der Waals surface area contributed by atoms with E-state index in [-0.39, 0.29) is 12.4 Å². The Kier molecular flexibility index (Phi) is 3.79. The Balaban J connectivity index is 2.57. The lowest BCUT2D eigenvalue weighted by molar-refractivity contribution is -0.131. The zero-order valence-corrected chi connectivity index (χ0v) is 7.61. The van der Waals surface area contributed by atoms with Gasteiger partial charge in [-0.15, -0.1) is 0 Å². The first kappa shape index (κ1) is 11.2. The fourth-order valence-corrected chi connectivity index (χ4v) is 0.875. The molecule has 0 spiro atoms. The number of rotatable bonds is 4. The summed E-state index contributed by atoms with van der Waals surface area (Å²) in [4.78, 5) is 10.1. The van der Waals surface area contributed by atoms with Gasteiger partial charge in [-0.2, -0.15) is 0 Å². The van der Waals surface area contributed by atoms with Gasteiger partial charge in [0, 0.05) is 12.1 Å². The molecule has 5 heteroatoms. The highest BCUT2D eigenvalue weighted by Gasteiger charge is 2.03. The number of carboxylic acids is 1. The highest BCUT2D eigenvalue weighted by Crippen LogP contribution is 2.17. The van der Waals surface area contributed by atoms with Crippen molar-refractivity contribution in [3.8, 4) is 5.75 Å². The van der Waals surface area contributed by atoms with Crippen molar-refractivity contribution in [2.75, 3.05) is 6.61 Å². The molecule has 0 heterocycles. The van der Waals surface area contributed by atoms with Gasteiger partial charge in [-0.25, -0.2) is 13.6 Å². The van der Waals surface area contributed by atoms with Gasteiger partial charge in [0.1, 0.15) is 12.4 Å². The van der Waals surface area contributed by atoms with E-state index in [2.05, 4.69) is 0 Å². The summed E-state index contributed by atoms with van der Waals surface area (Å²) in [5, 5.41) is 8.23. The number of benzene rings is 1. The van der Waals surface area contributed by atoms with Crippen molar-refractivity contribution < 1.29 is 23.4 Å². The van der Waals surface area contributed by atoms with Gasteiger partial charge in [-0.1, -0.05) is 0 Å². The summed E-state index contributed by atoms with van der Waals surface area (Å²) in [6.45, 7) is -0.132. The van der Waals surface area contributed by atoms with Gasteiger partial charge in [0.15, 0.2) is 11.6 Å². The van der Waals surface area contributed by atoms with Crippen LogP contribution in [0.4, 0.5) is 8.78 Å². The summed E-state index contributed by atoms with van der Waals surface area (Å²) >= 11 is 0. The van der Waals surface area contributed by atoms with Crippen LogP contribution in [-0.2, 0) is 4.79 Å². The van der Waals surface area contributed by atoms with Crippen LogP contribution in [-0.4, -0.2) is 17.7 Å². The average molecular weight is 214 g/mol. The third-order valence-electron chi connectivity index (χ3n) is 1.49. The molecule has 0 atom stereocenters. The van der Waals surface area contributed by atoms with E-state index in [9.17, 15) is 13.6 Å². The number of halogens is 2. The molecule has 0 radical (unpaired) electrons. The van der Waals surface area contributed by atoms with Gasteiger partial charge in [0.25, 0.3) is 0 Å². The number of carboxylic acid groups (broad SMARTS) is 1. The monoisotopic (exact) mass is 214 g/mol. The van der Waals surface area contributed by atoms with Crippen LogP contribution in [0.3, 0.4) is 0 Å². The second kappa shape index (κ2) is 5.09. The Morgan fingerprint density at radius 3 is 2.87 bits per heavy atom. The Labute approximate surface area is 84.6 Å². The van der Waals surface area contributed by atoms with Gasteiger partial charge in [-0.3, -0.25) is 0 Å². The van der Waals surface area contributed by atoms with Crippen LogP contribution in [0, 0.1) is 11.6 Å². The van der Waals surface area contributed by atoms with Crippen molar-refractivity contribution in [1.29, 1.82) is 0 Å². The predicted octanol–water partition coefficient (Wildman–Crippen LogP) is 1.98. The van der Waals surface area contributed by atoms with Crippen molar-refractivity contribution in [2.24, 2.45) is 0 Å². The quantitative estimate of drug-likeness (QED) is 0.779. The Morgan fingerprint density at radius 2 is 2.20 bits per heavy atom. The van der Waals surface area contributed by atoms with Crippen molar-refractivity contribution in [3.05, 3.63) is 42.0 Å². The van der Waals surface area contributed by atoms with Crippen molar-refractivity contribution in [1.82, 2.24) is 0 Å². The zero-order chi connectivity index (χ0) is 11.3. The summed E-state index contributed by atoms with van der Waals surface area (Å²) in [6, 6.07) is 2.80. The SMILES string of the molecule is O=C(O)C=CCOc1cc(F)ccc1F. The molecular formula is C10H8F2O3. The van der Waals surface area contributed by atoms with Gasteiger partial charge >= 0.3 is 5.97 Å². The number of aliphatic carboxylic acids is 1. The molecule has 1 rings (SSSR count). The standard InChI is InChI=1S/C10H8F2O3/c11-7-3-4-8(12)9(6-7)15-5-1-2-10(13)14/h1-4,6H,5H2,(H,13,14). The third kappa shape index (κ3) is 3.76. The summed E-state index contributed by atoms with van der Waals surface area (Å²) < 4.78 is 30.4. The molecule has 80 valence electrons. The Bertz CT molecular complexity index is 388. The first-order chi connectivity index (χ1) is 7.09. The second-order valence-electron chi connectivity index (χ2n) is 2.63. The molecule has 1 aromatic rings. The summed E-state index contributed by atoms with van der Waals surface area (Å²) in [5.74, 6) is -2.68. The summed E-state index contributed by atoms with van der Waals surface area (Å²) in [7, 11) is 0. The number of ether oxygens (including phenoxy) is 1. The van der Waals surface area contributed by atoms with E-state index >= 15 is 0 Å². The van der Waals surface area contributed by atoms with Crippen molar-refractivity contribution >= 4 is 5.97 Å². The molecule has 3 nitrogen and oxygen atoms in total. The maximum absolute atomic E-state index is 12.9. The predicted molar refractivity (Wildman–Crippen MR) is 48.6 cm³/mol. The molecule has 0 unspecified atom stereocenters. The van der Waals surface area contributed by atoms with Gasteiger partial charge in [0.2, 0.25) is 0 Å². The molecule has 0 aromatic heterocycles. The van der Waals surface area contributed by atoms with Crippen molar-refractivity contribution in [3.63, 3.8) is 0 Å². The zero-order valence-electron chi connectivity index (χ0n) is 7.61. The average Bonchev–Trinajstić information content (AvgIpc) is 2.17. The third-order valence-corrected chi connectivity index (χ3v) is 1.49. The minimum Gasteiger partial charge on any atom is -0.486 e. The van der Waals surface area contributed by atoms with Crippen LogP contribution in [0.15, 0.2) is 30.4 Å². The van der Waals surface area contributed by atoms with Crippen LogP contribution >= 0.6 is 0 Å². The first-order valence-electron chi connectivity index (χ1n) is 4.07. The maximum Gasteiger partial charge on any atom is 0.328 e. The smallest absolute Gasteiger partial charge is 0.328 e.